The van der Waals surface area contributed by atoms with Crippen LogP contribution in [-0.2, 0) is 22.3 Å². The molecule has 1 atom stereocenters. The van der Waals surface area contributed by atoms with E-state index in [4.69, 9.17) is 25.5 Å². The number of ether oxygens (including phenoxy) is 2. The summed E-state index contributed by atoms with van der Waals surface area (Å²) in [6.45, 7) is 1.11. The van der Waals surface area contributed by atoms with Crippen molar-refractivity contribution in [3.05, 3.63) is 64.9 Å². The van der Waals surface area contributed by atoms with Crippen molar-refractivity contribution >= 4 is 22.4 Å². The highest BCUT2D eigenvalue weighted by atomic mass is 35.5. The van der Waals surface area contributed by atoms with Crippen LogP contribution in [0.25, 0.3) is 11.3 Å². The van der Waals surface area contributed by atoms with Gasteiger partial charge in [0.2, 0.25) is 5.89 Å². The van der Waals surface area contributed by atoms with E-state index in [9.17, 15) is 8.60 Å². The summed E-state index contributed by atoms with van der Waals surface area (Å²) in [6.07, 6.45) is 2.33. The molecule has 0 spiro atoms. The van der Waals surface area contributed by atoms with Crippen LogP contribution in [0.1, 0.15) is 17.9 Å². The molecule has 1 aromatic heterocycles. The van der Waals surface area contributed by atoms with Crippen molar-refractivity contribution in [3.63, 3.8) is 0 Å². The third-order valence-electron chi connectivity index (χ3n) is 4.16. The lowest BCUT2D eigenvalue weighted by Crippen LogP contribution is -2.01. The Morgan fingerprint density at radius 2 is 1.89 bits per heavy atom. The van der Waals surface area contributed by atoms with E-state index in [1.54, 1.807) is 24.4 Å². The van der Waals surface area contributed by atoms with Gasteiger partial charge in [0.15, 0.2) is 17.3 Å². The minimum atomic E-state index is -1.25. The third kappa shape index (κ3) is 4.36. The molecule has 0 saturated heterocycles. The summed E-state index contributed by atoms with van der Waals surface area (Å²) in [6, 6.07) is 9.47. The van der Waals surface area contributed by atoms with E-state index in [0.717, 1.165) is 12.0 Å². The first-order valence-corrected chi connectivity index (χ1v) is 10.6. The lowest BCUT2D eigenvalue weighted by atomic mass is 10.2. The first-order valence-electron chi connectivity index (χ1n) is 8.72. The number of benzene rings is 2. The molecule has 3 aromatic rings. The molecule has 146 valence electrons. The summed E-state index contributed by atoms with van der Waals surface area (Å²) in [7, 11) is -1.25. The summed E-state index contributed by atoms with van der Waals surface area (Å²) in [5.41, 5.74) is 1.50. The molecule has 0 amide bonds. The predicted octanol–water partition coefficient (Wildman–Crippen LogP) is 4.74. The van der Waals surface area contributed by atoms with Crippen LogP contribution in [0.3, 0.4) is 0 Å². The van der Waals surface area contributed by atoms with Crippen molar-refractivity contribution in [2.24, 2.45) is 0 Å². The number of halogens is 2. The summed E-state index contributed by atoms with van der Waals surface area (Å²) < 4.78 is 42.5. The molecule has 5 nitrogen and oxygen atoms in total. The van der Waals surface area contributed by atoms with Crippen molar-refractivity contribution < 1.29 is 22.5 Å². The average Bonchev–Trinajstić information content (AvgIpc) is 2.98. The minimum Gasteiger partial charge on any atom is -0.489 e. The van der Waals surface area contributed by atoms with Crippen LogP contribution in [0.5, 0.6) is 11.5 Å². The van der Waals surface area contributed by atoms with Crippen molar-refractivity contribution in [2.45, 2.75) is 17.9 Å². The second-order valence-corrected chi connectivity index (χ2v) is 8.17. The summed E-state index contributed by atoms with van der Waals surface area (Å²) in [5.74, 6) is 2.09. The van der Waals surface area contributed by atoms with Crippen molar-refractivity contribution in [3.8, 4) is 22.8 Å². The molecule has 0 unspecified atom stereocenters. The monoisotopic (exact) mass is 421 g/mol. The third-order valence-corrected chi connectivity index (χ3v) is 5.66. The van der Waals surface area contributed by atoms with E-state index in [2.05, 4.69) is 4.98 Å². The van der Waals surface area contributed by atoms with Crippen LogP contribution in [0, 0.1) is 5.82 Å². The van der Waals surface area contributed by atoms with Gasteiger partial charge in [-0.05, 0) is 42.0 Å². The second-order valence-electron chi connectivity index (χ2n) is 6.31. The van der Waals surface area contributed by atoms with Gasteiger partial charge in [0.1, 0.15) is 11.6 Å². The fourth-order valence-electron chi connectivity index (χ4n) is 2.87. The Hall–Kier alpha value is -2.38. The van der Waals surface area contributed by atoms with Crippen LogP contribution in [0.15, 0.2) is 47.0 Å². The molecule has 0 fully saturated rings. The Balaban J connectivity index is 1.44. The van der Waals surface area contributed by atoms with E-state index < -0.39 is 10.8 Å². The number of rotatable bonds is 5. The molecule has 4 rings (SSSR count). The van der Waals surface area contributed by atoms with E-state index in [-0.39, 0.29) is 17.3 Å². The number of hydrogen-bond acceptors (Lipinski definition) is 5. The smallest absolute Gasteiger partial charge is 0.207 e. The molecule has 28 heavy (non-hydrogen) atoms. The zero-order chi connectivity index (χ0) is 19.5. The van der Waals surface area contributed by atoms with Gasteiger partial charge in [-0.15, -0.1) is 0 Å². The van der Waals surface area contributed by atoms with Crippen LogP contribution < -0.4 is 9.47 Å². The van der Waals surface area contributed by atoms with Crippen molar-refractivity contribution in [1.82, 2.24) is 4.98 Å². The van der Waals surface area contributed by atoms with E-state index in [1.807, 2.05) is 6.07 Å². The molecule has 1 aliphatic heterocycles. The van der Waals surface area contributed by atoms with Crippen LogP contribution in [-0.4, -0.2) is 22.4 Å². The molecule has 2 aromatic carbocycles. The SMILES string of the molecule is O=[S@](Cc1cc(Cl)c2c(c1)OCCCO2)Cc1ncc(-c2ccc(F)cc2)o1. The molecule has 1 aliphatic rings. The maximum absolute atomic E-state index is 13.0. The summed E-state index contributed by atoms with van der Waals surface area (Å²) in [5, 5.41) is 0.445. The van der Waals surface area contributed by atoms with E-state index >= 15 is 0 Å². The molecule has 2 heterocycles. The van der Waals surface area contributed by atoms with Gasteiger partial charge >= 0.3 is 0 Å². The zero-order valence-corrected chi connectivity index (χ0v) is 16.4. The van der Waals surface area contributed by atoms with Gasteiger partial charge in [-0.25, -0.2) is 9.37 Å². The fraction of sp³-hybridized carbons (Fsp3) is 0.250. The van der Waals surface area contributed by atoms with Crippen LogP contribution in [0.2, 0.25) is 5.02 Å². The normalized spacial score (nSPS) is 14.5. The van der Waals surface area contributed by atoms with Gasteiger partial charge in [0.25, 0.3) is 0 Å². The standard InChI is InChI=1S/C20H17ClFNO4S/c21-16-8-13(9-17-20(16)26-7-1-6-25-17)11-28(24)12-19-23-10-18(27-19)14-2-4-15(22)5-3-14/h2-5,8-10H,1,6-7,11-12H2/t28-/m1/s1. The largest absolute Gasteiger partial charge is 0.489 e. The highest BCUT2D eigenvalue weighted by molar-refractivity contribution is 7.83. The Morgan fingerprint density at radius 3 is 2.71 bits per heavy atom. The predicted molar refractivity (Wildman–Crippen MR) is 105 cm³/mol. The number of fused-ring (bicyclic) bond motifs is 1. The lowest BCUT2D eigenvalue weighted by molar-refractivity contribution is 0.297. The van der Waals surface area contributed by atoms with Gasteiger partial charge in [-0.3, -0.25) is 4.21 Å². The Kier molecular flexibility index (Phi) is 5.64. The van der Waals surface area contributed by atoms with Crippen LogP contribution >= 0.6 is 11.6 Å². The number of oxazole rings is 1. The molecular formula is C20H17ClFNO4S. The van der Waals surface area contributed by atoms with Gasteiger partial charge in [-0.2, -0.15) is 0 Å². The van der Waals surface area contributed by atoms with Gasteiger partial charge < -0.3 is 13.9 Å². The Bertz CT molecular complexity index is 1010. The van der Waals surface area contributed by atoms with Crippen LogP contribution in [0.4, 0.5) is 4.39 Å². The maximum atomic E-state index is 13.0. The highest BCUT2D eigenvalue weighted by Crippen LogP contribution is 2.38. The first-order chi connectivity index (χ1) is 13.6. The van der Waals surface area contributed by atoms with Gasteiger partial charge in [-0.1, -0.05) is 11.6 Å². The van der Waals surface area contributed by atoms with E-state index in [0.29, 0.717) is 46.9 Å². The Labute approximate surface area is 168 Å². The first kappa shape index (κ1) is 19.0. The maximum Gasteiger partial charge on any atom is 0.207 e. The molecule has 0 aliphatic carbocycles. The number of nitrogens with zero attached hydrogens (tertiary/aromatic N) is 1. The molecule has 0 bridgehead atoms. The fourth-order valence-corrected chi connectivity index (χ4v) is 4.20. The zero-order valence-electron chi connectivity index (χ0n) is 14.8. The van der Waals surface area contributed by atoms with Crippen molar-refractivity contribution in [1.29, 1.82) is 0 Å². The van der Waals surface area contributed by atoms with E-state index in [1.165, 1.54) is 12.1 Å². The summed E-state index contributed by atoms with van der Waals surface area (Å²) >= 11 is 6.28. The van der Waals surface area contributed by atoms with Gasteiger partial charge in [0.05, 0.1) is 24.4 Å². The molecule has 0 N–H and O–H groups in total. The average molecular weight is 422 g/mol. The molecule has 0 saturated carbocycles. The lowest BCUT2D eigenvalue weighted by Gasteiger charge is -2.11. The number of hydrogen-bond donors (Lipinski definition) is 0. The second kappa shape index (κ2) is 8.32. The minimum absolute atomic E-state index is 0.160. The Morgan fingerprint density at radius 1 is 1.11 bits per heavy atom. The summed E-state index contributed by atoms with van der Waals surface area (Å²) in [4.78, 5) is 4.17. The highest BCUT2D eigenvalue weighted by Gasteiger charge is 2.17. The molecule has 0 radical (unpaired) electrons. The molecule has 8 heteroatoms. The number of aromatic nitrogens is 1. The topological polar surface area (TPSA) is 61.6 Å². The molecular weight excluding hydrogens is 405 g/mol. The quantitative estimate of drug-likeness (QED) is 0.595. The van der Waals surface area contributed by atoms with Gasteiger partial charge in [0, 0.05) is 28.5 Å². The van der Waals surface area contributed by atoms with Crippen molar-refractivity contribution in [2.75, 3.05) is 13.2 Å².